The Bertz CT molecular complexity index is 506. The largest absolute Gasteiger partial charge is 0.478 e. The second-order valence-electron chi connectivity index (χ2n) is 2.82. The van der Waals surface area contributed by atoms with Crippen LogP contribution in [0.3, 0.4) is 0 Å². The SMILES string of the molecule is CC=O.O=C(O)c1cnnc2ccccc12. The third-order valence-corrected chi connectivity index (χ3v) is 1.78. The van der Waals surface area contributed by atoms with E-state index in [-0.39, 0.29) is 5.56 Å². The zero-order valence-electron chi connectivity index (χ0n) is 8.62. The van der Waals surface area contributed by atoms with Gasteiger partial charge in [-0.1, -0.05) is 18.2 Å². The summed E-state index contributed by atoms with van der Waals surface area (Å²) in [6.45, 7) is 1.44. The lowest BCUT2D eigenvalue weighted by Crippen LogP contribution is -1.99. The molecule has 1 aromatic heterocycles. The van der Waals surface area contributed by atoms with Gasteiger partial charge in [-0.3, -0.25) is 0 Å². The number of carbonyl (C=O) groups is 2. The fraction of sp³-hybridized carbons (Fsp3) is 0.0909. The van der Waals surface area contributed by atoms with E-state index in [9.17, 15) is 4.79 Å². The number of aromatic nitrogens is 2. The molecule has 0 radical (unpaired) electrons. The number of rotatable bonds is 1. The maximum Gasteiger partial charge on any atom is 0.338 e. The van der Waals surface area contributed by atoms with Gasteiger partial charge in [-0.05, 0) is 13.0 Å². The third kappa shape index (κ3) is 2.60. The normalized spacial score (nSPS) is 9.06. The number of nitrogens with zero attached hydrogens (tertiary/aromatic N) is 2. The molecule has 0 spiro atoms. The molecule has 2 aromatic rings. The molecule has 0 saturated carbocycles. The molecule has 1 N–H and O–H groups in total. The van der Waals surface area contributed by atoms with Gasteiger partial charge in [0.2, 0.25) is 0 Å². The predicted molar refractivity (Wildman–Crippen MR) is 58.2 cm³/mol. The number of hydrogen-bond acceptors (Lipinski definition) is 4. The summed E-state index contributed by atoms with van der Waals surface area (Å²) in [5.41, 5.74) is 0.785. The summed E-state index contributed by atoms with van der Waals surface area (Å²) in [7, 11) is 0. The second-order valence-corrected chi connectivity index (χ2v) is 2.82. The van der Waals surface area contributed by atoms with Gasteiger partial charge < -0.3 is 9.90 Å². The number of fused-ring (bicyclic) bond motifs is 1. The predicted octanol–water partition coefficient (Wildman–Crippen LogP) is 1.53. The van der Waals surface area contributed by atoms with E-state index in [1.54, 1.807) is 24.3 Å². The molecule has 2 rings (SSSR count). The topological polar surface area (TPSA) is 80.2 Å². The van der Waals surface area contributed by atoms with Crippen LogP contribution in [0.15, 0.2) is 30.5 Å². The Morgan fingerprint density at radius 2 is 2.00 bits per heavy atom. The molecule has 5 heteroatoms. The highest BCUT2D eigenvalue weighted by Gasteiger charge is 2.08. The standard InChI is InChI=1S/C9H6N2O2.C2H4O/c12-9(13)7-5-10-11-8-4-2-1-3-6(7)8;1-2-3/h1-5H,(H,12,13);2H,1H3. The molecule has 82 valence electrons. The van der Waals surface area contributed by atoms with Gasteiger partial charge in [0.25, 0.3) is 0 Å². The molecule has 0 bridgehead atoms. The molecular weight excluding hydrogens is 208 g/mol. The van der Waals surface area contributed by atoms with Crippen molar-refractivity contribution >= 4 is 23.2 Å². The molecule has 0 atom stereocenters. The number of aldehydes is 1. The van der Waals surface area contributed by atoms with Crippen molar-refractivity contribution in [3.05, 3.63) is 36.0 Å². The van der Waals surface area contributed by atoms with Gasteiger partial charge in [-0.15, -0.1) is 0 Å². The zero-order valence-corrected chi connectivity index (χ0v) is 8.62. The summed E-state index contributed by atoms with van der Waals surface area (Å²) in [4.78, 5) is 19.6. The number of benzene rings is 1. The van der Waals surface area contributed by atoms with Crippen LogP contribution >= 0.6 is 0 Å². The third-order valence-electron chi connectivity index (χ3n) is 1.78. The number of carboxylic acids is 1. The maximum absolute atomic E-state index is 10.7. The Balaban J connectivity index is 0.000000386. The highest BCUT2D eigenvalue weighted by atomic mass is 16.4. The molecule has 16 heavy (non-hydrogen) atoms. The summed E-state index contributed by atoms with van der Waals surface area (Å²) in [5, 5.41) is 16.8. The molecule has 1 aromatic carbocycles. The molecule has 0 saturated heterocycles. The highest BCUT2D eigenvalue weighted by Crippen LogP contribution is 2.14. The van der Waals surface area contributed by atoms with E-state index >= 15 is 0 Å². The second kappa shape index (κ2) is 5.55. The van der Waals surface area contributed by atoms with Crippen molar-refractivity contribution in [2.75, 3.05) is 0 Å². The zero-order chi connectivity index (χ0) is 12.0. The van der Waals surface area contributed by atoms with E-state index in [0.29, 0.717) is 10.9 Å². The van der Waals surface area contributed by atoms with Gasteiger partial charge in [0.05, 0.1) is 17.3 Å². The minimum atomic E-state index is -0.980. The lowest BCUT2D eigenvalue weighted by Gasteiger charge is -1.98. The lowest BCUT2D eigenvalue weighted by atomic mass is 10.1. The van der Waals surface area contributed by atoms with Crippen LogP contribution in [-0.4, -0.2) is 27.6 Å². The van der Waals surface area contributed by atoms with Crippen LogP contribution in [0.4, 0.5) is 0 Å². The maximum atomic E-state index is 10.7. The van der Waals surface area contributed by atoms with Crippen LogP contribution in [0.2, 0.25) is 0 Å². The Kier molecular flexibility index (Phi) is 4.08. The fourth-order valence-electron chi connectivity index (χ4n) is 1.18. The average Bonchev–Trinajstić information content (AvgIpc) is 2.29. The van der Waals surface area contributed by atoms with Crippen molar-refractivity contribution in [3.8, 4) is 0 Å². The van der Waals surface area contributed by atoms with Crippen LogP contribution in [0.5, 0.6) is 0 Å². The lowest BCUT2D eigenvalue weighted by molar-refractivity contribution is -0.106. The molecule has 0 aliphatic heterocycles. The first kappa shape index (κ1) is 11.8. The molecule has 0 fully saturated rings. The van der Waals surface area contributed by atoms with Crippen molar-refractivity contribution in [2.24, 2.45) is 0 Å². The monoisotopic (exact) mass is 218 g/mol. The summed E-state index contributed by atoms with van der Waals surface area (Å²) >= 11 is 0. The average molecular weight is 218 g/mol. The van der Waals surface area contributed by atoms with Gasteiger partial charge in [0.15, 0.2) is 0 Å². The first-order valence-corrected chi connectivity index (χ1v) is 4.54. The van der Waals surface area contributed by atoms with Gasteiger partial charge in [-0.25, -0.2) is 4.79 Å². The smallest absolute Gasteiger partial charge is 0.338 e. The molecular formula is C11H10N2O3. The molecule has 5 nitrogen and oxygen atoms in total. The Hall–Kier alpha value is -2.30. The number of carbonyl (C=O) groups excluding carboxylic acids is 1. The summed E-state index contributed by atoms with van der Waals surface area (Å²) in [5.74, 6) is -0.980. The van der Waals surface area contributed by atoms with Crippen LogP contribution in [0.1, 0.15) is 17.3 Å². The molecule has 0 aliphatic rings. The number of aromatic carboxylic acids is 1. The summed E-state index contributed by atoms with van der Waals surface area (Å²) in [6.07, 6.45) is 2.00. The Morgan fingerprint density at radius 1 is 1.38 bits per heavy atom. The fourth-order valence-corrected chi connectivity index (χ4v) is 1.18. The number of hydrogen-bond donors (Lipinski definition) is 1. The highest BCUT2D eigenvalue weighted by molar-refractivity contribution is 6.01. The molecule has 0 unspecified atom stereocenters. The van der Waals surface area contributed by atoms with Crippen molar-refractivity contribution < 1.29 is 14.7 Å². The minimum Gasteiger partial charge on any atom is -0.478 e. The van der Waals surface area contributed by atoms with E-state index in [2.05, 4.69) is 10.2 Å². The van der Waals surface area contributed by atoms with Crippen molar-refractivity contribution in [2.45, 2.75) is 6.92 Å². The van der Waals surface area contributed by atoms with Crippen molar-refractivity contribution in [1.29, 1.82) is 0 Å². The number of carboxylic acid groups (broad SMARTS) is 1. The van der Waals surface area contributed by atoms with Gasteiger partial charge in [0.1, 0.15) is 6.29 Å². The quantitative estimate of drug-likeness (QED) is 0.734. The van der Waals surface area contributed by atoms with E-state index in [1.807, 2.05) is 0 Å². The first-order chi connectivity index (χ1) is 7.70. The van der Waals surface area contributed by atoms with E-state index in [1.165, 1.54) is 13.1 Å². The van der Waals surface area contributed by atoms with Crippen molar-refractivity contribution in [1.82, 2.24) is 10.2 Å². The van der Waals surface area contributed by atoms with E-state index in [0.717, 1.165) is 6.29 Å². The van der Waals surface area contributed by atoms with Gasteiger partial charge >= 0.3 is 5.97 Å². The summed E-state index contributed by atoms with van der Waals surface area (Å²) < 4.78 is 0. The van der Waals surface area contributed by atoms with Gasteiger partial charge in [0, 0.05) is 5.39 Å². The van der Waals surface area contributed by atoms with E-state index in [4.69, 9.17) is 9.90 Å². The minimum absolute atomic E-state index is 0.186. The van der Waals surface area contributed by atoms with Crippen molar-refractivity contribution in [3.63, 3.8) is 0 Å². The van der Waals surface area contributed by atoms with Crippen LogP contribution in [0.25, 0.3) is 10.9 Å². The molecule has 0 amide bonds. The van der Waals surface area contributed by atoms with Gasteiger partial charge in [-0.2, -0.15) is 10.2 Å². The van der Waals surface area contributed by atoms with Crippen LogP contribution in [-0.2, 0) is 4.79 Å². The molecule has 1 heterocycles. The Labute approximate surface area is 91.7 Å². The van der Waals surface area contributed by atoms with Crippen LogP contribution < -0.4 is 0 Å². The van der Waals surface area contributed by atoms with E-state index < -0.39 is 5.97 Å². The summed E-state index contributed by atoms with van der Waals surface area (Å²) in [6, 6.07) is 7.02. The Morgan fingerprint density at radius 3 is 2.62 bits per heavy atom. The van der Waals surface area contributed by atoms with Crippen LogP contribution in [0, 0.1) is 0 Å². The first-order valence-electron chi connectivity index (χ1n) is 4.54. The molecule has 0 aliphatic carbocycles.